The van der Waals surface area contributed by atoms with E-state index in [0.29, 0.717) is 11.7 Å². The molecule has 8 nitrogen and oxygen atoms in total. The summed E-state index contributed by atoms with van der Waals surface area (Å²) in [4.78, 5) is 43.0. The van der Waals surface area contributed by atoms with Crippen LogP contribution in [0.5, 0.6) is 0 Å². The van der Waals surface area contributed by atoms with Crippen LogP contribution in [-0.4, -0.2) is 37.4 Å². The van der Waals surface area contributed by atoms with E-state index in [0.717, 1.165) is 11.1 Å². The average molecular weight is 388 g/mol. The van der Waals surface area contributed by atoms with Gasteiger partial charge in [-0.1, -0.05) is 41.6 Å². The number of esters is 1. The van der Waals surface area contributed by atoms with Gasteiger partial charge in [0.25, 0.3) is 5.56 Å². The molecule has 1 aromatic carbocycles. The van der Waals surface area contributed by atoms with Gasteiger partial charge in [0, 0.05) is 7.05 Å². The van der Waals surface area contributed by atoms with Crippen LogP contribution in [0.4, 0.5) is 0 Å². The molecule has 9 heteroatoms. The van der Waals surface area contributed by atoms with Gasteiger partial charge < -0.3 is 9.30 Å². The van der Waals surface area contributed by atoms with Crippen molar-refractivity contribution in [3.63, 3.8) is 0 Å². The zero-order valence-corrected chi connectivity index (χ0v) is 16.3. The van der Waals surface area contributed by atoms with Gasteiger partial charge in [0.05, 0.1) is 13.7 Å². The van der Waals surface area contributed by atoms with E-state index in [1.807, 2.05) is 31.2 Å². The molecule has 1 atom stereocenters. The summed E-state index contributed by atoms with van der Waals surface area (Å²) in [6, 6.07) is 7.89. The molecule has 0 spiro atoms. The average Bonchev–Trinajstić information content (AvgIpc) is 2.97. The third kappa shape index (κ3) is 3.68. The first kappa shape index (κ1) is 19.0. The van der Waals surface area contributed by atoms with Crippen LogP contribution >= 0.6 is 11.8 Å². The molecule has 1 N–H and O–H groups in total. The molecule has 0 aliphatic heterocycles. The zero-order chi connectivity index (χ0) is 19.7. The van der Waals surface area contributed by atoms with Crippen LogP contribution < -0.4 is 11.2 Å². The highest BCUT2D eigenvalue weighted by Gasteiger charge is 2.23. The molecule has 3 rings (SSSR count). The number of thioether (sulfide) groups is 1. The molecule has 0 aliphatic carbocycles. The predicted octanol–water partition coefficient (Wildman–Crippen LogP) is 1.43. The molecule has 0 saturated carbocycles. The smallest absolute Gasteiger partial charge is 0.329 e. The lowest BCUT2D eigenvalue weighted by atomic mass is 10.1. The Morgan fingerprint density at radius 1 is 1.37 bits per heavy atom. The molecule has 2 aromatic heterocycles. The summed E-state index contributed by atoms with van der Waals surface area (Å²) in [7, 11) is 2.87. The molecule has 0 fully saturated rings. The van der Waals surface area contributed by atoms with Crippen LogP contribution in [0.2, 0.25) is 0 Å². The van der Waals surface area contributed by atoms with Crippen LogP contribution in [-0.2, 0) is 23.1 Å². The minimum absolute atomic E-state index is 0.274. The summed E-state index contributed by atoms with van der Waals surface area (Å²) >= 11 is 1.18. The number of hydrogen-bond acceptors (Lipinski definition) is 6. The van der Waals surface area contributed by atoms with Crippen molar-refractivity contribution >= 4 is 28.9 Å². The van der Waals surface area contributed by atoms with Gasteiger partial charge in [0.1, 0.15) is 5.25 Å². The molecule has 0 radical (unpaired) electrons. The van der Waals surface area contributed by atoms with Gasteiger partial charge in [-0.3, -0.25) is 19.1 Å². The van der Waals surface area contributed by atoms with Gasteiger partial charge in [-0.25, -0.2) is 9.78 Å². The van der Waals surface area contributed by atoms with E-state index in [-0.39, 0.29) is 11.2 Å². The van der Waals surface area contributed by atoms with Crippen LogP contribution in [0, 0.1) is 6.92 Å². The maximum Gasteiger partial charge on any atom is 0.329 e. The fraction of sp³-hybridized carbons (Fsp3) is 0.333. The summed E-state index contributed by atoms with van der Waals surface area (Å²) < 4.78 is 7.80. The third-order valence-electron chi connectivity index (χ3n) is 4.21. The van der Waals surface area contributed by atoms with Crippen molar-refractivity contribution in [2.24, 2.45) is 7.05 Å². The largest absolute Gasteiger partial charge is 0.468 e. The van der Waals surface area contributed by atoms with E-state index in [2.05, 4.69) is 9.97 Å². The molecule has 142 valence electrons. The summed E-state index contributed by atoms with van der Waals surface area (Å²) in [6.45, 7) is 4.08. The number of nitrogens with zero attached hydrogens (tertiary/aromatic N) is 3. The number of ether oxygens (including phenoxy) is 1. The van der Waals surface area contributed by atoms with E-state index in [9.17, 15) is 14.4 Å². The maximum absolute atomic E-state index is 12.5. The summed E-state index contributed by atoms with van der Waals surface area (Å²) in [6.07, 6.45) is 0. The van der Waals surface area contributed by atoms with Crippen molar-refractivity contribution in [3.05, 3.63) is 56.2 Å². The summed E-state index contributed by atoms with van der Waals surface area (Å²) in [5.74, 6) is -0.392. The lowest BCUT2D eigenvalue weighted by Gasteiger charge is -2.12. The number of imidazole rings is 1. The number of hydrogen-bond donors (Lipinski definition) is 1. The Morgan fingerprint density at radius 3 is 2.78 bits per heavy atom. The SMILES string of the molecule is COC(=O)C(C)Sc1nc2c(c(=O)[nH]c(=O)n2C)n1Cc1cccc(C)c1. The summed E-state index contributed by atoms with van der Waals surface area (Å²) in [5.41, 5.74) is 1.59. The highest BCUT2D eigenvalue weighted by atomic mass is 32.2. The van der Waals surface area contributed by atoms with Crippen molar-refractivity contribution in [2.75, 3.05) is 7.11 Å². The number of aromatic nitrogens is 4. The lowest BCUT2D eigenvalue weighted by Crippen LogP contribution is -2.29. The molecule has 0 saturated heterocycles. The first-order chi connectivity index (χ1) is 12.8. The fourth-order valence-corrected chi connectivity index (χ4v) is 3.75. The van der Waals surface area contributed by atoms with Gasteiger partial charge in [-0.05, 0) is 19.4 Å². The number of H-pyrrole nitrogens is 1. The number of fused-ring (bicyclic) bond motifs is 1. The first-order valence-electron chi connectivity index (χ1n) is 8.31. The summed E-state index contributed by atoms with van der Waals surface area (Å²) in [5, 5.41) is -0.0460. The number of aryl methyl sites for hydroxylation is 2. The minimum atomic E-state index is -0.537. The molecule has 0 amide bonds. The van der Waals surface area contributed by atoms with Gasteiger partial charge in [-0.15, -0.1) is 0 Å². The standard InChI is InChI=1S/C18H20N4O4S/c1-10-6-5-7-12(8-10)9-22-13-14(21(3)17(25)20-15(13)23)19-18(22)27-11(2)16(24)26-4/h5-8,11H,9H2,1-4H3,(H,20,23,25). The van der Waals surface area contributed by atoms with Gasteiger partial charge in [0.15, 0.2) is 16.3 Å². The van der Waals surface area contributed by atoms with E-state index in [1.54, 1.807) is 18.5 Å². The van der Waals surface area contributed by atoms with Crippen LogP contribution in [0.15, 0.2) is 39.0 Å². The second kappa shape index (κ2) is 7.43. The monoisotopic (exact) mass is 388 g/mol. The van der Waals surface area contributed by atoms with Crippen molar-refractivity contribution in [1.29, 1.82) is 0 Å². The number of nitrogens with one attached hydrogen (secondary N) is 1. The Bertz CT molecular complexity index is 1130. The Balaban J connectivity index is 2.19. The molecular formula is C18H20N4O4S. The van der Waals surface area contributed by atoms with E-state index in [4.69, 9.17) is 4.74 Å². The topological polar surface area (TPSA) is 99.0 Å². The fourth-order valence-electron chi connectivity index (χ4n) is 2.82. The molecule has 0 bridgehead atoms. The predicted molar refractivity (Wildman–Crippen MR) is 103 cm³/mol. The van der Waals surface area contributed by atoms with Crippen molar-refractivity contribution in [3.8, 4) is 0 Å². The number of methoxy groups -OCH3 is 1. The molecule has 2 heterocycles. The number of aromatic amines is 1. The van der Waals surface area contributed by atoms with Crippen LogP contribution in [0.3, 0.4) is 0 Å². The molecule has 3 aromatic rings. The normalized spacial score (nSPS) is 12.3. The highest BCUT2D eigenvalue weighted by Crippen LogP contribution is 2.27. The molecular weight excluding hydrogens is 368 g/mol. The Kier molecular flexibility index (Phi) is 5.22. The quantitative estimate of drug-likeness (QED) is 0.524. The maximum atomic E-state index is 12.5. The van der Waals surface area contributed by atoms with Crippen LogP contribution in [0.25, 0.3) is 11.2 Å². The van der Waals surface area contributed by atoms with Gasteiger partial charge in [-0.2, -0.15) is 0 Å². The van der Waals surface area contributed by atoms with Gasteiger partial charge >= 0.3 is 11.7 Å². The Morgan fingerprint density at radius 2 is 2.11 bits per heavy atom. The van der Waals surface area contributed by atoms with Crippen molar-refractivity contribution < 1.29 is 9.53 Å². The second-order valence-corrected chi connectivity index (χ2v) is 7.55. The lowest BCUT2D eigenvalue weighted by molar-refractivity contribution is -0.139. The number of carbonyl (C=O) groups is 1. The second-order valence-electron chi connectivity index (χ2n) is 6.24. The molecule has 27 heavy (non-hydrogen) atoms. The molecule has 1 unspecified atom stereocenters. The van der Waals surface area contributed by atoms with E-state index < -0.39 is 22.5 Å². The van der Waals surface area contributed by atoms with Crippen molar-refractivity contribution in [1.82, 2.24) is 19.1 Å². The number of rotatable bonds is 5. The highest BCUT2D eigenvalue weighted by molar-refractivity contribution is 8.00. The zero-order valence-electron chi connectivity index (χ0n) is 15.5. The third-order valence-corrected chi connectivity index (χ3v) is 5.28. The van der Waals surface area contributed by atoms with E-state index in [1.165, 1.54) is 23.4 Å². The van der Waals surface area contributed by atoms with Crippen LogP contribution in [0.1, 0.15) is 18.1 Å². The Labute approximate surface area is 159 Å². The van der Waals surface area contributed by atoms with E-state index >= 15 is 0 Å². The minimum Gasteiger partial charge on any atom is -0.468 e. The Hall–Kier alpha value is -2.81. The van der Waals surface area contributed by atoms with Crippen molar-refractivity contribution in [2.45, 2.75) is 30.8 Å². The molecule has 0 aliphatic rings. The number of benzene rings is 1. The number of carbonyl (C=O) groups excluding carboxylic acids is 1. The van der Waals surface area contributed by atoms with Gasteiger partial charge in [0.2, 0.25) is 0 Å². The first-order valence-corrected chi connectivity index (χ1v) is 9.19.